The normalized spacial score (nSPS) is 15.6. The molecule has 0 amide bonds. The topological polar surface area (TPSA) is 79.1 Å². The van der Waals surface area contributed by atoms with Crippen LogP contribution in [0.5, 0.6) is 11.5 Å². The van der Waals surface area contributed by atoms with Crippen LogP contribution in [0.1, 0.15) is 71.2 Å². The Balaban J connectivity index is 1.90. The molecule has 0 N–H and O–H groups in total. The Morgan fingerprint density at radius 2 is 1.67 bits per heavy atom. The monoisotopic (exact) mass is 548 g/mol. The van der Waals surface area contributed by atoms with Gasteiger partial charge in [-0.1, -0.05) is 62.4 Å². The standard InChI is InChI=1S/C31H36N2O5S/c1-8-36-23-16-13-21(18-24(23)37-9-2)27-26(29(35)38-10-3)19(4)32-30-33(27)28(34)25(39-30)17-20-11-14-22(15-12-20)31(5,6)7/h11-18,27H,8-10H2,1-7H3. The van der Waals surface area contributed by atoms with Crippen molar-refractivity contribution in [3.63, 3.8) is 0 Å². The number of hydrogen-bond acceptors (Lipinski definition) is 7. The van der Waals surface area contributed by atoms with E-state index >= 15 is 0 Å². The van der Waals surface area contributed by atoms with Crippen molar-refractivity contribution in [2.24, 2.45) is 4.99 Å². The van der Waals surface area contributed by atoms with Gasteiger partial charge in [-0.05, 0) is 68.0 Å². The number of hydrogen-bond donors (Lipinski definition) is 0. The van der Waals surface area contributed by atoms with Crippen LogP contribution in [0.15, 0.2) is 63.5 Å². The summed E-state index contributed by atoms with van der Waals surface area (Å²) in [5, 5.41) is 0. The molecular formula is C31H36N2O5S. The molecule has 39 heavy (non-hydrogen) atoms. The quantitative estimate of drug-likeness (QED) is 0.375. The molecule has 0 fully saturated rings. The predicted octanol–water partition coefficient (Wildman–Crippen LogP) is 4.89. The number of benzene rings is 2. The first-order valence-electron chi connectivity index (χ1n) is 13.3. The maximum absolute atomic E-state index is 13.9. The lowest BCUT2D eigenvalue weighted by atomic mass is 9.87. The summed E-state index contributed by atoms with van der Waals surface area (Å²) in [5.74, 6) is 0.658. The maximum atomic E-state index is 13.9. The number of fused-ring (bicyclic) bond motifs is 1. The van der Waals surface area contributed by atoms with E-state index in [9.17, 15) is 9.59 Å². The zero-order chi connectivity index (χ0) is 28.3. The number of carbonyl (C=O) groups is 1. The molecule has 0 radical (unpaired) electrons. The fraction of sp³-hybridized carbons (Fsp3) is 0.387. The molecule has 0 aliphatic carbocycles. The van der Waals surface area contributed by atoms with Crippen LogP contribution in [0.3, 0.4) is 0 Å². The molecule has 1 atom stereocenters. The van der Waals surface area contributed by atoms with Gasteiger partial charge in [0.25, 0.3) is 5.56 Å². The third kappa shape index (κ3) is 5.86. The Bertz CT molecular complexity index is 1570. The molecule has 1 unspecified atom stereocenters. The Hall–Kier alpha value is -3.65. The van der Waals surface area contributed by atoms with Crippen LogP contribution in [0.4, 0.5) is 0 Å². The summed E-state index contributed by atoms with van der Waals surface area (Å²) in [5.41, 5.74) is 3.52. The molecule has 0 saturated heterocycles. The molecule has 2 aromatic carbocycles. The Morgan fingerprint density at radius 1 is 1.00 bits per heavy atom. The first kappa shape index (κ1) is 28.4. The van der Waals surface area contributed by atoms with Gasteiger partial charge in [-0.2, -0.15) is 0 Å². The van der Waals surface area contributed by atoms with E-state index in [1.54, 1.807) is 18.4 Å². The fourth-order valence-corrected chi connectivity index (χ4v) is 5.62. The summed E-state index contributed by atoms with van der Waals surface area (Å²) >= 11 is 1.31. The summed E-state index contributed by atoms with van der Waals surface area (Å²) in [7, 11) is 0. The van der Waals surface area contributed by atoms with E-state index in [1.807, 2.05) is 50.3 Å². The molecule has 7 nitrogen and oxygen atoms in total. The number of esters is 1. The summed E-state index contributed by atoms with van der Waals surface area (Å²) < 4.78 is 19.1. The highest BCUT2D eigenvalue weighted by molar-refractivity contribution is 7.07. The molecule has 8 heteroatoms. The molecule has 1 aromatic heterocycles. The minimum Gasteiger partial charge on any atom is -0.490 e. The molecule has 1 aliphatic heterocycles. The molecule has 1 aliphatic rings. The van der Waals surface area contributed by atoms with Gasteiger partial charge in [0, 0.05) is 0 Å². The van der Waals surface area contributed by atoms with Crippen LogP contribution < -0.4 is 24.4 Å². The number of rotatable bonds is 8. The number of allylic oxidation sites excluding steroid dienone is 1. The number of nitrogens with zero attached hydrogens (tertiary/aromatic N) is 2. The average Bonchev–Trinajstić information content (AvgIpc) is 3.18. The molecule has 206 valence electrons. The minimum atomic E-state index is -0.722. The van der Waals surface area contributed by atoms with Gasteiger partial charge in [-0.15, -0.1) is 0 Å². The van der Waals surface area contributed by atoms with E-state index < -0.39 is 12.0 Å². The van der Waals surface area contributed by atoms with Crippen molar-refractivity contribution in [1.82, 2.24) is 4.57 Å². The molecular weight excluding hydrogens is 512 g/mol. The van der Waals surface area contributed by atoms with E-state index in [1.165, 1.54) is 16.9 Å². The summed E-state index contributed by atoms with van der Waals surface area (Å²) in [6.07, 6.45) is 1.88. The van der Waals surface area contributed by atoms with Crippen molar-refractivity contribution in [3.8, 4) is 11.5 Å². The van der Waals surface area contributed by atoms with E-state index in [4.69, 9.17) is 14.2 Å². The predicted molar refractivity (Wildman–Crippen MR) is 154 cm³/mol. The molecule has 0 bridgehead atoms. The van der Waals surface area contributed by atoms with Crippen LogP contribution in [0.2, 0.25) is 0 Å². The van der Waals surface area contributed by atoms with Gasteiger partial charge >= 0.3 is 5.97 Å². The van der Waals surface area contributed by atoms with Gasteiger partial charge in [0.1, 0.15) is 0 Å². The number of thiazole rings is 1. The van der Waals surface area contributed by atoms with Crippen molar-refractivity contribution in [1.29, 1.82) is 0 Å². The molecule has 4 rings (SSSR count). The maximum Gasteiger partial charge on any atom is 0.338 e. The number of carbonyl (C=O) groups excluding carboxylic acids is 1. The SMILES string of the molecule is CCOC(=O)C1=C(C)N=c2sc(=Cc3ccc(C(C)(C)C)cc3)c(=O)n2C1c1ccc(OCC)c(OCC)c1. The second-order valence-corrected chi connectivity index (χ2v) is 11.3. The molecule has 0 saturated carbocycles. The zero-order valence-corrected chi connectivity index (χ0v) is 24.5. The van der Waals surface area contributed by atoms with E-state index in [2.05, 4.69) is 37.9 Å². The van der Waals surface area contributed by atoms with Gasteiger partial charge in [-0.25, -0.2) is 9.79 Å². The lowest BCUT2D eigenvalue weighted by molar-refractivity contribution is -0.139. The fourth-order valence-electron chi connectivity index (χ4n) is 4.58. The highest BCUT2D eigenvalue weighted by Crippen LogP contribution is 2.36. The zero-order valence-electron chi connectivity index (χ0n) is 23.7. The second kappa shape index (κ2) is 11.6. The van der Waals surface area contributed by atoms with Crippen LogP contribution in [-0.4, -0.2) is 30.4 Å². The van der Waals surface area contributed by atoms with Gasteiger partial charge in [-0.3, -0.25) is 9.36 Å². The third-order valence-electron chi connectivity index (χ3n) is 6.47. The van der Waals surface area contributed by atoms with E-state index in [0.29, 0.717) is 50.9 Å². The first-order valence-corrected chi connectivity index (χ1v) is 14.1. The van der Waals surface area contributed by atoms with E-state index in [0.717, 1.165) is 5.56 Å². The highest BCUT2D eigenvalue weighted by atomic mass is 32.1. The van der Waals surface area contributed by atoms with Crippen LogP contribution >= 0.6 is 11.3 Å². The van der Waals surface area contributed by atoms with Crippen LogP contribution in [0, 0.1) is 0 Å². The van der Waals surface area contributed by atoms with Crippen molar-refractivity contribution in [2.45, 2.75) is 59.9 Å². The van der Waals surface area contributed by atoms with Crippen molar-refractivity contribution in [3.05, 3.63) is 90.1 Å². The summed E-state index contributed by atoms with van der Waals surface area (Å²) in [6.45, 7) is 15.0. The lowest BCUT2D eigenvalue weighted by Gasteiger charge is -2.25. The van der Waals surface area contributed by atoms with Crippen LogP contribution in [-0.2, 0) is 14.9 Å². The summed E-state index contributed by atoms with van der Waals surface area (Å²) in [4.78, 5) is 32.3. The average molecular weight is 549 g/mol. The number of ether oxygens (including phenoxy) is 3. The third-order valence-corrected chi connectivity index (χ3v) is 7.46. The Kier molecular flexibility index (Phi) is 8.45. The molecule has 3 aromatic rings. The van der Waals surface area contributed by atoms with Crippen molar-refractivity contribution in [2.75, 3.05) is 19.8 Å². The van der Waals surface area contributed by atoms with Crippen molar-refractivity contribution < 1.29 is 19.0 Å². The van der Waals surface area contributed by atoms with Gasteiger partial charge in [0.15, 0.2) is 16.3 Å². The number of aromatic nitrogens is 1. The Labute approximate surface area is 233 Å². The first-order chi connectivity index (χ1) is 18.6. The Morgan fingerprint density at radius 3 is 2.28 bits per heavy atom. The van der Waals surface area contributed by atoms with E-state index in [-0.39, 0.29) is 17.6 Å². The smallest absolute Gasteiger partial charge is 0.338 e. The largest absolute Gasteiger partial charge is 0.490 e. The van der Waals surface area contributed by atoms with Crippen LogP contribution in [0.25, 0.3) is 6.08 Å². The van der Waals surface area contributed by atoms with Gasteiger partial charge < -0.3 is 14.2 Å². The van der Waals surface area contributed by atoms with Crippen molar-refractivity contribution >= 4 is 23.4 Å². The minimum absolute atomic E-state index is 0.0386. The molecule has 2 heterocycles. The van der Waals surface area contributed by atoms with Gasteiger partial charge in [0.2, 0.25) is 0 Å². The molecule has 0 spiro atoms. The van der Waals surface area contributed by atoms with Gasteiger partial charge in [0.05, 0.1) is 41.7 Å². The highest BCUT2D eigenvalue weighted by Gasteiger charge is 2.34. The summed E-state index contributed by atoms with van der Waals surface area (Å²) in [6, 6.07) is 13.0. The second-order valence-electron chi connectivity index (χ2n) is 10.2. The lowest BCUT2D eigenvalue weighted by Crippen LogP contribution is -2.40.